The number of nitrogens with zero attached hydrogens (tertiary/aromatic N) is 3. The number of fused-ring (bicyclic) bond motifs is 2. The maximum atomic E-state index is 14.5. The van der Waals surface area contributed by atoms with Gasteiger partial charge in [-0.3, -0.25) is 14.4 Å². The number of hydrogen-bond donors (Lipinski definition) is 3. The molecule has 11 nitrogen and oxygen atoms in total. The van der Waals surface area contributed by atoms with Crippen molar-refractivity contribution in [2.45, 2.75) is 101 Å². The van der Waals surface area contributed by atoms with E-state index in [4.69, 9.17) is 0 Å². The molecule has 264 valence electrons. The molecular formula is C38H46N6O5S. The monoisotopic (exact) mass is 698 g/mol. The number of carbonyl (C=O) groups excluding carboxylic acids is 3. The highest BCUT2D eigenvalue weighted by atomic mass is 32.2. The average molecular weight is 699 g/mol. The molecule has 2 spiro atoms. The topological polar surface area (TPSA) is 142 Å². The van der Waals surface area contributed by atoms with Crippen molar-refractivity contribution in [1.29, 1.82) is 0 Å². The lowest BCUT2D eigenvalue weighted by Crippen LogP contribution is -2.57. The molecule has 2 aliphatic heterocycles. The van der Waals surface area contributed by atoms with Crippen molar-refractivity contribution in [2.75, 3.05) is 11.9 Å². The van der Waals surface area contributed by atoms with E-state index in [1.807, 2.05) is 67.1 Å². The van der Waals surface area contributed by atoms with E-state index in [2.05, 4.69) is 20.3 Å². The van der Waals surface area contributed by atoms with Gasteiger partial charge in [0.1, 0.15) is 28.3 Å². The molecule has 0 bridgehead atoms. The van der Waals surface area contributed by atoms with E-state index in [-0.39, 0.29) is 39.9 Å². The molecule has 3 saturated carbocycles. The van der Waals surface area contributed by atoms with Gasteiger partial charge in [0.15, 0.2) is 0 Å². The van der Waals surface area contributed by atoms with Crippen molar-refractivity contribution >= 4 is 44.5 Å². The molecule has 1 saturated heterocycles. The second kappa shape index (κ2) is 12.0. The van der Waals surface area contributed by atoms with Crippen LogP contribution in [0.25, 0.3) is 10.9 Å². The average Bonchev–Trinajstić information content (AvgIpc) is 3.82. The molecule has 12 heteroatoms. The summed E-state index contributed by atoms with van der Waals surface area (Å²) in [6, 6.07) is 11.1. The van der Waals surface area contributed by atoms with E-state index >= 15 is 0 Å². The van der Waals surface area contributed by atoms with Gasteiger partial charge in [0, 0.05) is 36.8 Å². The lowest BCUT2D eigenvalue weighted by Gasteiger charge is -2.32. The van der Waals surface area contributed by atoms with Crippen LogP contribution in [0.5, 0.6) is 0 Å². The number of aryl methyl sites for hydroxylation is 1. The van der Waals surface area contributed by atoms with E-state index in [0.29, 0.717) is 30.8 Å². The van der Waals surface area contributed by atoms with E-state index in [0.717, 1.165) is 50.3 Å². The minimum atomic E-state index is -4.28. The Bertz CT molecular complexity index is 1990. The Balaban J connectivity index is 1.09. The van der Waals surface area contributed by atoms with E-state index in [9.17, 15) is 22.8 Å². The number of benzene rings is 1. The number of nitrogens with one attached hydrogen (secondary N) is 3. The third kappa shape index (κ3) is 5.41. The van der Waals surface area contributed by atoms with Crippen molar-refractivity contribution in [1.82, 2.24) is 24.5 Å². The number of para-hydroxylation sites is 1. The van der Waals surface area contributed by atoms with Gasteiger partial charge in [-0.15, -0.1) is 0 Å². The molecule has 5 aliphatic rings. The molecular weight excluding hydrogens is 653 g/mol. The summed E-state index contributed by atoms with van der Waals surface area (Å²) >= 11 is 0. The summed E-state index contributed by atoms with van der Waals surface area (Å²) in [4.78, 5) is 49.3. The van der Waals surface area contributed by atoms with Gasteiger partial charge in [0.05, 0.1) is 5.52 Å². The number of amides is 3. The Hall–Kier alpha value is -4.19. The second-order valence-electron chi connectivity index (χ2n) is 15.7. The van der Waals surface area contributed by atoms with Crippen LogP contribution in [0.15, 0.2) is 71.9 Å². The van der Waals surface area contributed by atoms with Crippen LogP contribution in [0, 0.1) is 22.7 Å². The third-order valence-corrected chi connectivity index (χ3v) is 13.7. The maximum Gasteiger partial charge on any atom is 0.266 e. The normalized spacial score (nSPS) is 30.5. The van der Waals surface area contributed by atoms with Gasteiger partial charge in [0.25, 0.3) is 15.9 Å². The summed E-state index contributed by atoms with van der Waals surface area (Å²) in [6.07, 6.45) is 15.3. The number of allylic oxidation sites excluding steroid dienone is 1. The van der Waals surface area contributed by atoms with Crippen molar-refractivity contribution in [3.05, 3.63) is 67.0 Å². The SMILES string of the molecule is CC(C)C(Nc1ccccn1)C(=O)N1C[C@@]2(C[C@H]1C(=O)N[C@]13C[C@H]1/C=C\CCCCn1ccc4cccc(c41)S(=O)(=O)NC3=O)CC21CCC1. The summed E-state index contributed by atoms with van der Waals surface area (Å²) in [6.45, 7) is 5.11. The lowest BCUT2D eigenvalue weighted by atomic mass is 9.74. The zero-order chi connectivity index (χ0) is 34.9. The summed E-state index contributed by atoms with van der Waals surface area (Å²) in [5.74, 6) is -1.18. The van der Waals surface area contributed by atoms with Crippen LogP contribution in [0.4, 0.5) is 5.82 Å². The van der Waals surface area contributed by atoms with Crippen molar-refractivity contribution in [3.8, 4) is 0 Å². The van der Waals surface area contributed by atoms with Gasteiger partial charge in [0.2, 0.25) is 11.8 Å². The Kier molecular flexibility index (Phi) is 7.89. The van der Waals surface area contributed by atoms with Gasteiger partial charge in [-0.2, -0.15) is 0 Å². The van der Waals surface area contributed by atoms with Crippen LogP contribution in [0.2, 0.25) is 0 Å². The first-order valence-corrected chi connectivity index (χ1v) is 19.6. The highest BCUT2D eigenvalue weighted by Gasteiger charge is 2.74. The first kappa shape index (κ1) is 33.0. The molecule has 1 unspecified atom stereocenters. The number of rotatable bonds is 6. The van der Waals surface area contributed by atoms with Crippen LogP contribution in [-0.2, 0) is 31.0 Å². The van der Waals surface area contributed by atoms with Crippen LogP contribution >= 0.6 is 0 Å². The number of likely N-dealkylation sites (tertiary alicyclic amines) is 1. The van der Waals surface area contributed by atoms with E-state index in [1.54, 1.807) is 17.2 Å². The number of carbonyl (C=O) groups is 3. The zero-order valence-corrected chi connectivity index (χ0v) is 29.5. The third-order valence-electron chi connectivity index (χ3n) is 12.3. The van der Waals surface area contributed by atoms with Gasteiger partial charge in [-0.25, -0.2) is 18.1 Å². The number of sulfonamides is 1. The van der Waals surface area contributed by atoms with Crippen molar-refractivity contribution in [2.24, 2.45) is 22.7 Å². The molecule has 4 fully saturated rings. The van der Waals surface area contributed by atoms with Crippen molar-refractivity contribution in [3.63, 3.8) is 0 Å². The molecule has 3 aliphatic carbocycles. The summed E-state index contributed by atoms with van der Waals surface area (Å²) < 4.78 is 32.1. The molecule has 3 N–H and O–H groups in total. The predicted octanol–water partition coefficient (Wildman–Crippen LogP) is 4.75. The summed E-state index contributed by atoms with van der Waals surface area (Å²) in [5.41, 5.74) is -0.810. The molecule has 5 atom stereocenters. The van der Waals surface area contributed by atoms with Crippen LogP contribution in [0.3, 0.4) is 0 Å². The van der Waals surface area contributed by atoms with Crippen LogP contribution in [-0.4, -0.2) is 64.8 Å². The quantitative estimate of drug-likeness (QED) is 0.316. The molecule has 2 aromatic heterocycles. The van der Waals surface area contributed by atoms with Gasteiger partial charge < -0.3 is 20.1 Å². The van der Waals surface area contributed by atoms with Crippen LogP contribution in [0.1, 0.15) is 71.6 Å². The fraction of sp³-hybridized carbons (Fsp3) is 0.526. The van der Waals surface area contributed by atoms with E-state index < -0.39 is 39.5 Å². The molecule has 4 heterocycles. The number of anilines is 1. The first-order valence-electron chi connectivity index (χ1n) is 18.1. The Labute approximate surface area is 293 Å². The molecule has 0 radical (unpaired) electrons. The highest BCUT2D eigenvalue weighted by molar-refractivity contribution is 7.90. The fourth-order valence-corrected chi connectivity index (χ4v) is 10.4. The van der Waals surface area contributed by atoms with Gasteiger partial charge in [-0.1, -0.05) is 50.6 Å². The number of hydrogen-bond acceptors (Lipinski definition) is 7. The van der Waals surface area contributed by atoms with Gasteiger partial charge in [-0.05, 0) is 92.4 Å². The maximum absolute atomic E-state index is 14.5. The van der Waals surface area contributed by atoms with Gasteiger partial charge >= 0.3 is 0 Å². The number of pyridine rings is 1. The minimum absolute atomic E-state index is 0.0359. The fourth-order valence-electron chi connectivity index (χ4n) is 9.16. The minimum Gasteiger partial charge on any atom is -0.358 e. The Morgan fingerprint density at radius 1 is 1.02 bits per heavy atom. The molecule has 1 aromatic carbocycles. The first-order chi connectivity index (χ1) is 24.0. The highest BCUT2D eigenvalue weighted by Crippen LogP contribution is 2.77. The molecule has 3 amide bonds. The number of aromatic nitrogens is 2. The van der Waals surface area contributed by atoms with E-state index in [1.165, 1.54) is 6.07 Å². The Morgan fingerprint density at radius 2 is 1.86 bits per heavy atom. The van der Waals surface area contributed by atoms with Crippen molar-refractivity contribution < 1.29 is 22.8 Å². The lowest BCUT2D eigenvalue weighted by molar-refractivity contribution is -0.140. The zero-order valence-electron chi connectivity index (χ0n) is 28.7. The molecule has 3 aromatic rings. The summed E-state index contributed by atoms with van der Waals surface area (Å²) in [5, 5.41) is 7.14. The Morgan fingerprint density at radius 3 is 2.58 bits per heavy atom. The largest absolute Gasteiger partial charge is 0.358 e. The smallest absolute Gasteiger partial charge is 0.266 e. The summed E-state index contributed by atoms with van der Waals surface area (Å²) in [7, 11) is -4.28. The standard InChI is InChI=1S/C38H46N6O5S/c1-25(2)31(40-30-14-6-7-18-39-30)34(46)44-24-37(23-36(37)16-10-17-36)22-28(44)33(45)41-38-21-27(38)12-5-3-4-8-19-43-20-15-26-11-9-13-29(32(26)43)50(48,49)42-35(38)47/h5-7,9,11-15,18,20,25,27-28,31H,3-4,8,10,16-17,19,21-24H2,1-2H3,(H,39,40)(H,41,45)(H,42,47)/b12-5-/t27-,28+,31?,37-,38-/m1/s1. The second-order valence-corrected chi connectivity index (χ2v) is 17.3. The molecule has 8 rings (SSSR count). The van der Waals surface area contributed by atoms with Crippen LogP contribution < -0.4 is 15.4 Å². The predicted molar refractivity (Wildman–Crippen MR) is 189 cm³/mol. The molecule has 50 heavy (non-hydrogen) atoms.